The van der Waals surface area contributed by atoms with Crippen LogP contribution in [-0.2, 0) is 0 Å². The summed E-state index contributed by atoms with van der Waals surface area (Å²) in [5, 5.41) is 12.7. The summed E-state index contributed by atoms with van der Waals surface area (Å²) in [6, 6.07) is 1.79. The molecule has 0 amide bonds. The van der Waals surface area contributed by atoms with Gasteiger partial charge >= 0.3 is 0 Å². The SMILES string of the molecule is CCN/N=C1/CN(C)c2c(ccnc2Cl)C1=N. The zero-order chi connectivity index (χ0) is 12.4. The van der Waals surface area contributed by atoms with E-state index in [2.05, 4.69) is 15.5 Å². The molecular formula is C11H14ClN5. The lowest BCUT2D eigenvalue weighted by molar-refractivity contribution is 0.780. The Labute approximate surface area is 105 Å². The Bertz CT molecular complexity index is 483. The van der Waals surface area contributed by atoms with E-state index in [-0.39, 0.29) is 0 Å². The molecule has 0 atom stereocenters. The summed E-state index contributed by atoms with van der Waals surface area (Å²) in [5.74, 6) is 0. The van der Waals surface area contributed by atoms with Crippen molar-refractivity contribution in [1.82, 2.24) is 10.4 Å². The number of rotatable bonds is 2. The third-order valence-electron chi connectivity index (χ3n) is 2.58. The van der Waals surface area contributed by atoms with Crippen LogP contribution in [0.4, 0.5) is 5.69 Å². The van der Waals surface area contributed by atoms with E-state index in [1.165, 1.54) is 0 Å². The van der Waals surface area contributed by atoms with Crippen molar-refractivity contribution < 1.29 is 0 Å². The summed E-state index contributed by atoms with van der Waals surface area (Å²) in [6.45, 7) is 3.27. The van der Waals surface area contributed by atoms with Gasteiger partial charge in [0.15, 0.2) is 5.15 Å². The molecule has 2 heterocycles. The number of anilines is 1. The normalized spacial score (nSPS) is 17.2. The second-order valence-electron chi connectivity index (χ2n) is 3.80. The molecule has 0 saturated heterocycles. The summed E-state index contributed by atoms with van der Waals surface area (Å²) in [5.41, 5.74) is 5.58. The minimum atomic E-state index is 0.406. The first-order chi connectivity index (χ1) is 8.15. The van der Waals surface area contributed by atoms with E-state index in [1.54, 1.807) is 12.3 Å². The number of hydrogen-bond donors (Lipinski definition) is 2. The fourth-order valence-electron chi connectivity index (χ4n) is 1.80. The predicted octanol–water partition coefficient (Wildman–Crippen LogP) is 1.52. The van der Waals surface area contributed by atoms with Gasteiger partial charge in [-0.2, -0.15) is 5.10 Å². The van der Waals surface area contributed by atoms with Gasteiger partial charge in [0, 0.05) is 25.4 Å². The van der Waals surface area contributed by atoms with Crippen molar-refractivity contribution in [2.45, 2.75) is 6.92 Å². The van der Waals surface area contributed by atoms with Crippen LogP contribution in [0, 0.1) is 5.41 Å². The lowest BCUT2D eigenvalue weighted by Gasteiger charge is -2.29. The lowest BCUT2D eigenvalue weighted by atomic mass is 10.0. The maximum Gasteiger partial charge on any atom is 0.152 e. The van der Waals surface area contributed by atoms with E-state index in [4.69, 9.17) is 17.0 Å². The highest BCUT2D eigenvalue weighted by atomic mass is 35.5. The molecule has 0 saturated carbocycles. The Morgan fingerprint density at radius 3 is 3.12 bits per heavy atom. The number of nitrogens with one attached hydrogen (secondary N) is 2. The van der Waals surface area contributed by atoms with E-state index in [9.17, 15) is 0 Å². The van der Waals surface area contributed by atoms with E-state index in [1.807, 2.05) is 18.9 Å². The molecule has 90 valence electrons. The van der Waals surface area contributed by atoms with Crippen LogP contribution in [0.3, 0.4) is 0 Å². The first-order valence-electron chi connectivity index (χ1n) is 5.39. The molecule has 0 spiro atoms. The number of hydrazone groups is 1. The van der Waals surface area contributed by atoms with Crippen LogP contribution in [0.2, 0.25) is 5.15 Å². The molecule has 0 unspecified atom stereocenters. The van der Waals surface area contributed by atoms with Crippen molar-refractivity contribution >= 4 is 28.7 Å². The minimum absolute atomic E-state index is 0.406. The molecule has 2 N–H and O–H groups in total. The van der Waals surface area contributed by atoms with Gasteiger partial charge in [-0.15, -0.1) is 0 Å². The van der Waals surface area contributed by atoms with Gasteiger partial charge in [-0.1, -0.05) is 11.6 Å². The van der Waals surface area contributed by atoms with Gasteiger partial charge < -0.3 is 10.3 Å². The average molecular weight is 252 g/mol. The zero-order valence-corrected chi connectivity index (χ0v) is 10.5. The molecule has 6 heteroatoms. The fourth-order valence-corrected chi connectivity index (χ4v) is 2.10. The van der Waals surface area contributed by atoms with Crippen LogP contribution in [-0.4, -0.2) is 36.5 Å². The van der Waals surface area contributed by atoms with E-state index >= 15 is 0 Å². The van der Waals surface area contributed by atoms with Gasteiger partial charge in [0.1, 0.15) is 5.71 Å². The van der Waals surface area contributed by atoms with E-state index in [0.29, 0.717) is 23.1 Å². The molecule has 0 bridgehead atoms. The Hall–Kier alpha value is -1.62. The maximum absolute atomic E-state index is 8.11. The second-order valence-corrected chi connectivity index (χ2v) is 4.16. The molecule has 1 aromatic heterocycles. The van der Waals surface area contributed by atoms with Crippen molar-refractivity contribution in [3.05, 3.63) is 23.0 Å². The molecule has 17 heavy (non-hydrogen) atoms. The van der Waals surface area contributed by atoms with Crippen LogP contribution >= 0.6 is 11.6 Å². The number of halogens is 1. The van der Waals surface area contributed by atoms with Crippen LogP contribution in [0.25, 0.3) is 0 Å². The van der Waals surface area contributed by atoms with Crippen LogP contribution in [0.1, 0.15) is 12.5 Å². The summed E-state index contributed by atoms with van der Waals surface area (Å²) in [4.78, 5) is 5.99. The van der Waals surface area contributed by atoms with Crippen molar-refractivity contribution in [2.75, 3.05) is 25.0 Å². The van der Waals surface area contributed by atoms with Crippen LogP contribution in [0.15, 0.2) is 17.4 Å². The Kier molecular flexibility index (Phi) is 3.28. The molecule has 0 radical (unpaired) electrons. The summed E-state index contributed by atoms with van der Waals surface area (Å²) in [6.07, 6.45) is 1.61. The first-order valence-corrected chi connectivity index (χ1v) is 5.77. The smallest absolute Gasteiger partial charge is 0.152 e. The third kappa shape index (κ3) is 2.10. The third-order valence-corrected chi connectivity index (χ3v) is 2.85. The van der Waals surface area contributed by atoms with Crippen LogP contribution in [0.5, 0.6) is 0 Å². The minimum Gasteiger partial charge on any atom is -0.365 e. The van der Waals surface area contributed by atoms with Gasteiger partial charge in [0.2, 0.25) is 0 Å². The zero-order valence-electron chi connectivity index (χ0n) is 9.79. The second kappa shape index (κ2) is 4.71. The number of hydrogen-bond acceptors (Lipinski definition) is 5. The molecule has 2 rings (SSSR count). The molecule has 1 aliphatic rings. The fraction of sp³-hybridized carbons (Fsp3) is 0.364. The predicted molar refractivity (Wildman–Crippen MR) is 70.5 cm³/mol. The van der Waals surface area contributed by atoms with Crippen molar-refractivity contribution in [3.63, 3.8) is 0 Å². The number of pyridine rings is 1. The number of aromatic nitrogens is 1. The Morgan fingerprint density at radius 1 is 1.65 bits per heavy atom. The van der Waals surface area contributed by atoms with Gasteiger partial charge in [0.25, 0.3) is 0 Å². The van der Waals surface area contributed by atoms with Gasteiger partial charge in [-0.3, -0.25) is 5.41 Å². The molecule has 1 aromatic rings. The number of fused-ring (bicyclic) bond motifs is 1. The van der Waals surface area contributed by atoms with Gasteiger partial charge in [-0.05, 0) is 13.0 Å². The van der Waals surface area contributed by atoms with Gasteiger partial charge in [0.05, 0.1) is 17.9 Å². The molecule has 0 aliphatic carbocycles. The standard InChI is InChI=1S/C11H14ClN5/c1-3-15-16-8-6-17(2)10-7(9(8)13)4-5-14-11(10)12/h4-5,13,15H,3,6H2,1-2H3/b13-9?,16-8-. The topological polar surface area (TPSA) is 64.4 Å². The largest absolute Gasteiger partial charge is 0.365 e. The molecule has 0 fully saturated rings. The average Bonchev–Trinajstić information content (AvgIpc) is 2.31. The molecular weight excluding hydrogens is 238 g/mol. The van der Waals surface area contributed by atoms with E-state index in [0.717, 1.165) is 17.8 Å². The Balaban J connectivity index is 2.45. The molecule has 1 aliphatic heterocycles. The van der Waals surface area contributed by atoms with Crippen molar-refractivity contribution in [1.29, 1.82) is 5.41 Å². The first kappa shape index (κ1) is 11.9. The highest BCUT2D eigenvalue weighted by Crippen LogP contribution is 2.30. The summed E-state index contributed by atoms with van der Waals surface area (Å²) < 4.78 is 0. The van der Waals surface area contributed by atoms with Crippen molar-refractivity contribution in [3.8, 4) is 0 Å². The lowest BCUT2D eigenvalue weighted by Crippen LogP contribution is -2.38. The van der Waals surface area contributed by atoms with Crippen molar-refractivity contribution in [2.24, 2.45) is 5.10 Å². The van der Waals surface area contributed by atoms with Crippen LogP contribution < -0.4 is 10.3 Å². The van der Waals surface area contributed by atoms with Gasteiger partial charge in [-0.25, -0.2) is 4.98 Å². The summed E-state index contributed by atoms with van der Waals surface area (Å²) >= 11 is 6.05. The monoisotopic (exact) mass is 251 g/mol. The quantitative estimate of drug-likeness (QED) is 0.619. The highest BCUT2D eigenvalue weighted by Gasteiger charge is 2.26. The molecule has 5 nitrogen and oxygen atoms in total. The maximum atomic E-state index is 8.11. The summed E-state index contributed by atoms with van der Waals surface area (Å²) in [7, 11) is 1.92. The Morgan fingerprint density at radius 2 is 2.41 bits per heavy atom. The van der Waals surface area contributed by atoms with E-state index < -0.39 is 0 Å². The number of nitrogens with zero attached hydrogens (tertiary/aromatic N) is 3. The molecule has 0 aromatic carbocycles. The highest BCUT2D eigenvalue weighted by molar-refractivity contribution is 6.51.